The molecule has 1 aliphatic carbocycles. The van der Waals surface area contributed by atoms with Crippen LogP contribution in [0.2, 0.25) is 0 Å². The molecule has 28 heavy (non-hydrogen) atoms. The summed E-state index contributed by atoms with van der Waals surface area (Å²) in [7, 11) is 0. The average molecular weight is 374 g/mol. The molecule has 142 valence electrons. The van der Waals surface area contributed by atoms with Gasteiger partial charge in [-0.05, 0) is 35.4 Å². The highest BCUT2D eigenvalue weighted by Crippen LogP contribution is 2.37. The fourth-order valence-electron chi connectivity index (χ4n) is 3.75. The molecule has 3 aromatic rings. The van der Waals surface area contributed by atoms with Gasteiger partial charge in [0.05, 0.1) is 24.3 Å². The summed E-state index contributed by atoms with van der Waals surface area (Å²) in [6, 6.07) is 23.2. The number of hydrogen-bond donors (Lipinski definition) is 2. The van der Waals surface area contributed by atoms with Crippen molar-refractivity contribution in [2.24, 2.45) is 0 Å². The SMILES string of the molecule is [O-][N+](=C1c2ccccc2-c2ccccc21)c1ccc(N(CCO)CCO)cc1. The van der Waals surface area contributed by atoms with Gasteiger partial charge in [-0.25, -0.2) is 0 Å². The molecular weight excluding hydrogens is 352 g/mol. The minimum absolute atomic E-state index is 0.000919. The van der Waals surface area contributed by atoms with Crippen molar-refractivity contribution in [3.63, 3.8) is 0 Å². The molecule has 0 amide bonds. The Bertz CT molecular complexity index is 959. The second kappa shape index (κ2) is 7.84. The second-order valence-electron chi connectivity index (χ2n) is 6.68. The van der Waals surface area contributed by atoms with Crippen LogP contribution in [0, 0.1) is 5.21 Å². The lowest BCUT2D eigenvalue weighted by Gasteiger charge is -2.22. The van der Waals surface area contributed by atoms with Crippen LogP contribution in [0.4, 0.5) is 11.4 Å². The van der Waals surface area contributed by atoms with Gasteiger partial charge in [0, 0.05) is 30.9 Å². The first-order valence-corrected chi connectivity index (χ1v) is 9.34. The van der Waals surface area contributed by atoms with Crippen molar-refractivity contribution >= 4 is 17.1 Å². The first-order chi connectivity index (χ1) is 13.7. The maximum atomic E-state index is 13.3. The van der Waals surface area contributed by atoms with E-state index < -0.39 is 0 Å². The first kappa shape index (κ1) is 18.2. The zero-order valence-electron chi connectivity index (χ0n) is 15.5. The van der Waals surface area contributed by atoms with Crippen molar-refractivity contribution in [1.82, 2.24) is 0 Å². The quantitative estimate of drug-likeness (QED) is 0.309. The van der Waals surface area contributed by atoms with Gasteiger partial charge in [-0.2, -0.15) is 4.74 Å². The molecule has 4 rings (SSSR count). The van der Waals surface area contributed by atoms with Gasteiger partial charge in [-0.15, -0.1) is 0 Å². The Balaban J connectivity index is 1.76. The van der Waals surface area contributed by atoms with E-state index in [9.17, 15) is 15.4 Å². The fourth-order valence-corrected chi connectivity index (χ4v) is 3.75. The van der Waals surface area contributed by atoms with E-state index in [2.05, 4.69) is 0 Å². The summed E-state index contributed by atoms with van der Waals surface area (Å²) < 4.78 is 0.983. The third-order valence-electron chi connectivity index (χ3n) is 5.05. The van der Waals surface area contributed by atoms with Crippen LogP contribution in [0.3, 0.4) is 0 Å². The molecule has 3 aromatic carbocycles. The van der Waals surface area contributed by atoms with Crippen molar-refractivity contribution < 1.29 is 15.0 Å². The third-order valence-corrected chi connectivity index (χ3v) is 5.05. The lowest BCUT2D eigenvalue weighted by atomic mass is 10.1. The lowest BCUT2D eigenvalue weighted by Crippen LogP contribution is -2.29. The van der Waals surface area contributed by atoms with Crippen molar-refractivity contribution in [2.75, 3.05) is 31.2 Å². The van der Waals surface area contributed by atoms with Crippen molar-refractivity contribution in [2.45, 2.75) is 0 Å². The van der Waals surface area contributed by atoms with Crippen LogP contribution in [0.1, 0.15) is 11.1 Å². The topological polar surface area (TPSA) is 69.8 Å². The zero-order valence-corrected chi connectivity index (χ0v) is 15.5. The molecule has 0 atom stereocenters. The Morgan fingerprint density at radius 1 is 0.679 bits per heavy atom. The number of hydrogen-bond acceptors (Lipinski definition) is 4. The van der Waals surface area contributed by atoms with Gasteiger partial charge in [0.25, 0.3) is 0 Å². The Morgan fingerprint density at radius 2 is 1.14 bits per heavy atom. The number of nitrogens with zero attached hydrogens (tertiary/aromatic N) is 2. The highest BCUT2D eigenvalue weighted by Gasteiger charge is 2.30. The molecule has 2 N–H and O–H groups in total. The van der Waals surface area contributed by atoms with E-state index >= 15 is 0 Å². The summed E-state index contributed by atoms with van der Waals surface area (Å²) in [6.07, 6.45) is 0. The monoisotopic (exact) mass is 374 g/mol. The number of aliphatic hydroxyl groups is 2. The van der Waals surface area contributed by atoms with Crippen molar-refractivity contribution in [1.29, 1.82) is 0 Å². The average Bonchev–Trinajstić information content (AvgIpc) is 3.08. The van der Waals surface area contributed by atoms with Crippen molar-refractivity contribution in [3.8, 4) is 11.1 Å². The molecule has 5 heteroatoms. The van der Waals surface area contributed by atoms with Crippen LogP contribution in [-0.2, 0) is 0 Å². The Morgan fingerprint density at radius 3 is 1.61 bits per heavy atom. The summed E-state index contributed by atoms with van der Waals surface area (Å²) in [5, 5.41) is 31.7. The van der Waals surface area contributed by atoms with Crippen LogP contribution in [-0.4, -0.2) is 47.0 Å². The van der Waals surface area contributed by atoms with Crippen LogP contribution in [0.15, 0.2) is 72.8 Å². The van der Waals surface area contributed by atoms with Gasteiger partial charge in [0.1, 0.15) is 0 Å². The molecule has 0 aliphatic heterocycles. The largest absolute Gasteiger partial charge is 0.618 e. The summed E-state index contributed by atoms with van der Waals surface area (Å²) in [6.45, 7) is 0.861. The molecule has 0 heterocycles. The number of rotatable bonds is 6. The lowest BCUT2D eigenvalue weighted by molar-refractivity contribution is -0.359. The first-order valence-electron chi connectivity index (χ1n) is 9.34. The number of anilines is 1. The van der Waals surface area contributed by atoms with Gasteiger partial charge in [0.2, 0.25) is 11.4 Å². The maximum Gasteiger partial charge on any atom is 0.232 e. The molecule has 0 aromatic heterocycles. The third kappa shape index (κ3) is 3.15. The van der Waals surface area contributed by atoms with E-state index in [-0.39, 0.29) is 13.2 Å². The molecule has 0 radical (unpaired) electrons. The Kier molecular flexibility index (Phi) is 5.10. The van der Waals surface area contributed by atoms with E-state index in [0.29, 0.717) is 24.5 Å². The number of benzene rings is 3. The van der Waals surface area contributed by atoms with E-state index in [1.807, 2.05) is 65.6 Å². The summed E-state index contributed by atoms with van der Waals surface area (Å²) in [4.78, 5) is 1.88. The highest BCUT2D eigenvalue weighted by molar-refractivity contribution is 6.22. The molecule has 0 saturated carbocycles. The minimum Gasteiger partial charge on any atom is -0.618 e. The molecule has 0 saturated heterocycles. The maximum absolute atomic E-state index is 13.3. The predicted molar refractivity (Wildman–Crippen MR) is 111 cm³/mol. The summed E-state index contributed by atoms with van der Waals surface area (Å²) >= 11 is 0. The van der Waals surface area contributed by atoms with Crippen LogP contribution in [0.5, 0.6) is 0 Å². The molecule has 1 aliphatic rings. The molecule has 0 bridgehead atoms. The van der Waals surface area contributed by atoms with Crippen LogP contribution < -0.4 is 4.90 Å². The molecule has 0 spiro atoms. The highest BCUT2D eigenvalue weighted by atomic mass is 16.5. The van der Waals surface area contributed by atoms with E-state index in [1.54, 1.807) is 12.1 Å². The Hall–Kier alpha value is -3.15. The Labute approximate surface area is 164 Å². The number of fused-ring (bicyclic) bond motifs is 3. The van der Waals surface area contributed by atoms with E-state index in [4.69, 9.17) is 0 Å². The van der Waals surface area contributed by atoms with E-state index in [1.165, 1.54) is 0 Å². The standard InChI is InChI=1S/C23H22N2O3/c26-15-13-24(14-16-27)17-9-11-18(12-10-17)25(28)23-21-7-3-1-5-19(21)20-6-2-4-8-22(20)23/h1-12,26-27H,13-16H2. The molecule has 0 unspecified atom stereocenters. The second-order valence-corrected chi connectivity index (χ2v) is 6.68. The minimum atomic E-state index is 0.000919. The van der Waals surface area contributed by atoms with Crippen molar-refractivity contribution in [3.05, 3.63) is 89.1 Å². The smallest absolute Gasteiger partial charge is 0.232 e. The zero-order chi connectivity index (χ0) is 19.5. The van der Waals surface area contributed by atoms with Crippen LogP contribution >= 0.6 is 0 Å². The van der Waals surface area contributed by atoms with Gasteiger partial charge in [0.15, 0.2) is 0 Å². The summed E-state index contributed by atoms with van der Waals surface area (Å²) in [5.41, 5.74) is 6.07. The fraction of sp³-hybridized carbons (Fsp3) is 0.174. The molecule has 0 fully saturated rings. The molecule has 5 nitrogen and oxygen atoms in total. The molecular formula is C23H22N2O3. The van der Waals surface area contributed by atoms with Crippen LogP contribution in [0.25, 0.3) is 11.1 Å². The summed E-state index contributed by atoms with van der Waals surface area (Å²) in [5.74, 6) is 0. The van der Waals surface area contributed by atoms with Gasteiger partial charge in [-0.1, -0.05) is 36.4 Å². The van der Waals surface area contributed by atoms with Gasteiger partial charge >= 0.3 is 0 Å². The van der Waals surface area contributed by atoms with E-state index in [0.717, 1.165) is 32.7 Å². The number of aliphatic hydroxyl groups excluding tert-OH is 2. The predicted octanol–water partition coefficient (Wildman–Crippen LogP) is 3.14. The van der Waals surface area contributed by atoms with Gasteiger partial charge in [-0.3, -0.25) is 0 Å². The normalized spacial score (nSPS) is 11.9. The van der Waals surface area contributed by atoms with Gasteiger partial charge < -0.3 is 20.3 Å².